The molecule has 0 aliphatic heterocycles. The predicted octanol–water partition coefficient (Wildman–Crippen LogP) is 2.62. The molecule has 0 aromatic heterocycles. The first-order chi connectivity index (χ1) is 8.18. The monoisotopic (exact) mass is 335 g/mol. The van der Waals surface area contributed by atoms with Crippen molar-refractivity contribution in [2.75, 3.05) is 18.6 Å². The van der Waals surface area contributed by atoms with Gasteiger partial charge in [0.25, 0.3) is 0 Å². The Labute approximate surface area is 117 Å². The fourth-order valence-electron chi connectivity index (χ4n) is 1.36. The molecule has 18 heavy (non-hydrogen) atoms. The summed E-state index contributed by atoms with van der Waals surface area (Å²) >= 11 is 3.23. The molecule has 0 saturated heterocycles. The molecule has 0 radical (unpaired) electrons. The van der Waals surface area contributed by atoms with Crippen LogP contribution in [0.1, 0.15) is 20.3 Å². The summed E-state index contributed by atoms with van der Waals surface area (Å²) in [4.78, 5) is 0.267. The minimum Gasteiger partial charge on any atom is -0.399 e. The van der Waals surface area contributed by atoms with E-state index in [4.69, 9.17) is 10.5 Å². The molecule has 0 saturated carbocycles. The number of anilines is 1. The predicted molar refractivity (Wildman–Crippen MR) is 76.3 cm³/mol. The van der Waals surface area contributed by atoms with Crippen LogP contribution in [0.3, 0.4) is 0 Å². The summed E-state index contributed by atoms with van der Waals surface area (Å²) in [6.07, 6.45) is 0.433. The van der Waals surface area contributed by atoms with E-state index in [9.17, 15) is 8.42 Å². The molecular weight excluding hydrogens is 318 g/mol. The first-order valence-electron chi connectivity index (χ1n) is 5.51. The van der Waals surface area contributed by atoms with E-state index in [-0.39, 0.29) is 10.6 Å². The van der Waals surface area contributed by atoms with Crippen molar-refractivity contribution < 1.29 is 13.2 Å². The zero-order valence-corrected chi connectivity index (χ0v) is 13.1. The lowest BCUT2D eigenvalue weighted by molar-refractivity contribution is 0.0203. The van der Waals surface area contributed by atoms with E-state index in [0.29, 0.717) is 16.6 Å². The van der Waals surface area contributed by atoms with Gasteiger partial charge in [-0.3, -0.25) is 0 Å². The van der Waals surface area contributed by atoms with Gasteiger partial charge in [0.2, 0.25) is 0 Å². The van der Waals surface area contributed by atoms with Crippen molar-refractivity contribution in [1.82, 2.24) is 0 Å². The molecule has 0 bridgehead atoms. The lowest BCUT2D eigenvalue weighted by Crippen LogP contribution is -2.26. The Kier molecular flexibility index (Phi) is 4.80. The van der Waals surface area contributed by atoms with Gasteiger partial charge in [-0.05, 0) is 54.4 Å². The topological polar surface area (TPSA) is 69.4 Å². The molecule has 1 aromatic rings. The highest BCUT2D eigenvalue weighted by Gasteiger charge is 2.24. The zero-order chi connectivity index (χ0) is 14.0. The van der Waals surface area contributed by atoms with Crippen molar-refractivity contribution in [1.29, 1.82) is 0 Å². The first-order valence-corrected chi connectivity index (χ1v) is 7.95. The van der Waals surface area contributed by atoms with E-state index in [2.05, 4.69) is 15.9 Å². The molecule has 0 amide bonds. The summed E-state index contributed by atoms with van der Waals surface area (Å²) in [7, 11) is -1.76. The molecule has 1 rings (SSSR count). The van der Waals surface area contributed by atoms with Crippen LogP contribution in [0.4, 0.5) is 5.69 Å². The number of sulfone groups is 1. The van der Waals surface area contributed by atoms with Crippen LogP contribution in [0.2, 0.25) is 0 Å². The smallest absolute Gasteiger partial charge is 0.179 e. The number of methoxy groups -OCH3 is 1. The van der Waals surface area contributed by atoms with Gasteiger partial charge in [0.05, 0.1) is 16.2 Å². The number of hydrogen-bond donors (Lipinski definition) is 1. The van der Waals surface area contributed by atoms with Crippen LogP contribution in [-0.4, -0.2) is 26.9 Å². The molecule has 0 aliphatic carbocycles. The Balaban J connectivity index is 2.94. The summed E-state index contributed by atoms with van der Waals surface area (Å²) in [6.45, 7) is 3.72. The van der Waals surface area contributed by atoms with Gasteiger partial charge in [-0.15, -0.1) is 0 Å². The maximum atomic E-state index is 12.2. The average Bonchev–Trinajstić information content (AvgIpc) is 2.26. The number of nitrogen functional groups attached to an aromatic ring is 1. The van der Waals surface area contributed by atoms with Gasteiger partial charge in [0.1, 0.15) is 0 Å². The van der Waals surface area contributed by atoms with Crippen molar-refractivity contribution in [2.24, 2.45) is 0 Å². The highest BCUT2D eigenvalue weighted by molar-refractivity contribution is 9.10. The average molecular weight is 336 g/mol. The van der Waals surface area contributed by atoms with E-state index in [1.165, 1.54) is 6.07 Å². The SMILES string of the molecule is COC(C)(C)CCS(=O)(=O)c1ccc(N)cc1Br. The van der Waals surface area contributed by atoms with Gasteiger partial charge in [0, 0.05) is 17.3 Å². The third kappa shape index (κ3) is 3.96. The van der Waals surface area contributed by atoms with Crippen LogP contribution in [0.25, 0.3) is 0 Å². The molecule has 0 unspecified atom stereocenters. The van der Waals surface area contributed by atoms with Gasteiger partial charge in [0.15, 0.2) is 9.84 Å². The quantitative estimate of drug-likeness (QED) is 0.839. The second-order valence-corrected chi connectivity index (χ2v) is 7.65. The fraction of sp³-hybridized carbons (Fsp3) is 0.500. The number of nitrogens with two attached hydrogens (primary N) is 1. The van der Waals surface area contributed by atoms with E-state index < -0.39 is 15.4 Å². The van der Waals surface area contributed by atoms with Crippen molar-refractivity contribution >= 4 is 31.5 Å². The highest BCUT2D eigenvalue weighted by atomic mass is 79.9. The normalized spacial score (nSPS) is 12.7. The third-order valence-electron chi connectivity index (χ3n) is 2.82. The Morgan fingerprint density at radius 2 is 2.00 bits per heavy atom. The van der Waals surface area contributed by atoms with Gasteiger partial charge < -0.3 is 10.5 Å². The molecule has 0 spiro atoms. The summed E-state index contributed by atoms with van der Waals surface area (Å²) in [5.74, 6) is 0.0381. The summed E-state index contributed by atoms with van der Waals surface area (Å²) in [5.41, 5.74) is 5.67. The third-order valence-corrected chi connectivity index (χ3v) is 5.50. The number of halogens is 1. The fourth-order valence-corrected chi connectivity index (χ4v) is 4.11. The number of ether oxygens (including phenoxy) is 1. The molecular formula is C12H18BrNO3S. The van der Waals surface area contributed by atoms with Gasteiger partial charge >= 0.3 is 0 Å². The second kappa shape index (κ2) is 5.59. The molecule has 0 aliphatic rings. The van der Waals surface area contributed by atoms with Crippen molar-refractivity contribution in [3.05, 3.63) is 22.7 Å². The molecule has 0 atom stereocenters. The second-order valence-electron chi connectivity index (χ2n) is 4.72. The Morgan fingerprint density at radius 1 is 1.39 bits per heavy atom. The Hall–Kier alpha value is -0.590. The van der Waals surface area contributed by atoms with Crippen molar-refractivity contribution in [3.8, 4) is 0 Å². The first kappa shape index (κ1) is 15.5. The summed E-state index contributed by atoms with van der Waals surface area (Å²) in [5, 5.41) is 0. The number of benzene rings is 1. The van der Waals surface area contributed by atoms with Crippen molar-refractivity contribution in [2.45, 2.75) is 30.8 Å². The molecule has 0 heterocycles. The molecule has 2 N–H and O–H groups in total. The van der Waals surface area contributed by atoms with Crippen LogP contribution in [-0.2, 0) is 14.6 Å². The van der Waals surface area contributed by atoms with E-state index >= 15 is 0 Å². The van der Waals surface area contributed by atoms with Crippen LogP contribution in [0.15, 0.2) is 27.6 Å². The lowest BCUT2D eigenvalue weighted by atomic mass is 10.1. The maximum absolute atomic E-state index is 12.2. The molecule has 6 heteroatoms. The minimum atomic E-state index is -3.33. The van der Waals surface area contributed by atoms with Crippen molar-refractivity contribution in [3.63, 3.8) is 0 Å². The zero-order valence-electron chi connectivity index (χ0n) is 10.7. The van der Waals surface area contributed by atoms with E-state index in [0.717, 1.165) is 0 Å². The minimum absolute atomic E-state index is 0.0381. The molecule has 1 aromatic carbocycles. The molecule has 4 nitrogen and oxygen atoms in total. The van der Waals surface area contributed by atoms with Gasteiger partial charge in [-0.2, -0.15) is 0 Å². The van der Waals surface area contributed by atoms with Gasteiger partial charge in [-0.1, -0.05) is 0 Å². The highest BCUT2D eigenvalue weighted by Crippen LogP contribution is 2.27. The summed E-state index contributed by atoms with van der Waals surface area (Å²) in [6, 6.07) is 4.70. The van der Waals surface area contributed by atoms with Crippen LogP contribution in [0.5, 0.6) is 0 Å². The van der Waals surface area contributed by atoms with E-state index in [1.807, 2.05) is 13.8 Å². The van der Waals surface area contributed by atoms with Crippen LogP contribution >= 0.6 is 15.9 Å². The van der Waals surface area contributed by atoms with Crippen LogP contribution in [0, 0.1) is 0 Å². The van der Waals surface area contributed by atoms with E-state index in [1.54, 1.807) is 19.2 Å². The Bertz CT molecular complexity index is 526. The standard InChI is InChI=1S/C12H18BrNO3S/c1-12(2,17-3)6-7-18(15,16)11-5-4-9(14)8-10(11)13/h4-5,8H,6-7,14H2,1-3H3. The Morgan fingerprint density at radius 3 is 2.50 bits per heavy atom. The maximum Gasteiger partial charge on any atom is 0.179 e. The lowest BCUT2D eigenvalue weighted by Gasteiger charge is -2.22. The van der Waals surface area contributed by atoms with Gasteiger partial charge in [-0.25, -0.2) is 8.42 Å². The largest absolute Gasteiger partial charge is 0.399 e. The van der Waals surface area contributed by atoms with Crippen LogP contribution < -0.4 is 5.73 Å². The number of hydrogen-bond acceptors (Lipinski definition) is 4. The molecule has 0 fully saturated rings. The summed E-state index contributed by atoms with van der Waals surface area (Å²) < 4.78 is 30.1. The molecule has 102 valence electrons. The number of rotatable bonds is 5.